The number of rotatable bonds is 5. The van der Waals surface area contributed by atoms with Gasteiger partial charge in [0.05, 0.1) is 17.6 Å². The van der Waals surface area contributed by atoms with Crippen LogP contribution in [0.3, 0.4) is 0 Å². The van der Waals surface area contributed by atoms with Crippen molar-refractivity contribution < 1.29 is 19.1 Å². The largest absolute Gasteiger partial charge is 0.462 e. The fraction of sp³-hybridized carbons (Fsp3) is 0.538. The molecule has 0 aliphatic carbocycles. The Kier molecular flexibility index (Phi) is 6.25. The molecule has 0 atom stereocenters. The molecule has 0 saturated heterocycles. The SMILES string of the molecule is C=C/C(=C\COC(=O)C(C)(C)C)C(=O)OCC. The van der Waals surface area contributed by atoms with Crippen LogP contribution in [0.15, 0.2) is 24.3 Å². The van der Waals surface area contributed by atoms with Gasteiger partial charge in [-0.3, -0.25) is 4.79 Å². The van der Waals surface area contributed by atoms with Crippen molar-refractivity contribution >= 4 is 11.9 Å². The van der Waals surface area contributed by atoms with Crippen molar-refractivity contribution in [2.45, 2.75) is 27.7 Å². The minimum Gasteiger partial charge on any atom is -0.462 e. The summed E-state index contributed by atoms with van der Waals surface area (Å²) in [7, 11) is 0. The zero-order chi connectivity index (χ0) is 13.5. The molecule has 0 aromatic carbocycles. The van der Waals surface area contributed by atoms with Crippen LogP contribution < -0.4 is 0 Å². The van der Waals surface area contributed by atoms with Crippen molar-refractivity contribution in [3.63, 3.8) is 0 Å². The minimum absolute atomic E-state index is 0.0380. The number of ether oxygens (including phenoxy) is 2. The highest BCUT2D eigenvalue weighted by atomic mass is 16.5. The third-order valence-corrected chi connectivity index (χ3v) is 1.86. The molecule has 0 bridgehead atoms. The van der Waals surface area contributed by atoms with Crippen LogP contribution >= 0.6 is 0 Å². The first kappa shape index (κ1) is 15.4. The number of hydrogen-bond donors (Lipinski definition) is 0. The highest BCUT2D eigenvalue weighted by Gasteiger charge is 2.22. The van der Waals surface area contributed by atoms with E-state index in [2.05, 4.69) is 6.58 Å². The first-order chi connectivity index (χ1) is 7.82. The van der Waals surface area contributed by atoms with E-state index in [9.17, 15) is 9.59 Å². The third-order valence-electron chi connectivity index (χ3n) is 1.86. The zero-order valence-electron chi connectivity index (χ0n) is 10.9. The highest BCUT2D eigenvalue weighted by molar-refractivity contribution is 5.91. The van der Waals surface area contributed by atoms with Gasteiger partial charge in [0.1, 0.15) is 6.61 Å². The van der Waals surface area contributed by atoms with Gasteiger partial charge in [-0.25, -0.2) is 4.79 Å². The number of carbonyl (C=O) groups is 2. The molecule has 0 heterocycles. The molecule has 17 heavy (non-hydrogen) atoms. The lowest BCUT2D eigenvalue weighted by Crippen LogP contribution is -2.23. The fourth-order valence-electron chi connectivity index (χ4n) is 0.888. The maximum atomic E-state index is 11.4. The summed E-state index contributed by atoms with van der Waals surface area (Å²) in [5, 5.41) is 0. The second-order valence-corrected chi connectivity index (χ2v) is 4.43. The van der Waals surface area contributed by atoms with Gasteiger partial charge >= 0.3 is 11.9 Å². The predicted octanol–water partition coefficient (Wildman–Crippen LogP) is 2.25. The molecule has 0 spiro atoms. The summed E-state index contributed by atoms with van der Waals surface area (Å²) in [6.07, 6.45) is 2.86. The molecule has 0 aromatic heterocycles. The van der Waals surface area contributed by atoms with E-state index >= 15 is 0 Å². The lowest BCUT2D eigenvalue weighted by molar-refractivity contribution is -0.151. The number of carbonyl (C=O) groups excluding carboxylic acids is 2. The summed E-state index contributed by atoms with van der Waals surface area (Å²) in [4.78, 5) is 22.8. The maximum absolute atomic E-state index is 11.4. The molecule has 4 heteroatoms. The Balaban J connectivity index is 4.35. The van der Waals surface area contributed by atoms with E-state index in [-0.39, 0.29) is 12.6 Å². The number of hydrogen-bond acceptors (Lipinski definition) is 4. The molecule has 0 unspecified atom stereocenters. The predicted molar refractivity (Wildman–Crippen MR) is 65.3 cm³/mol. The molecule has 0 aliphatic heterocycles. The topological polar surface area (TPSA) is 52.6 Å². The Morgan fingerprint density at radius 3 is 2.24 bits per heavy atom. The first-order valence-corrected chi connectivity index (χ1v) is 5.49. The molecule has 0 N–H and O–H groups in total. The molecule has 0 radical (unpaired) electrons. The molecule has 0 aliphatic rings. The summed E-state index contributed by atoms with van der Waals surface area (Å²) in [6.45, 7) is 10.8. The fourth-order valence-corrected chi connectivity index (χ4v) is 0.888. The van der Waals surface area contributed by atoms with Crippen LogP contribution in [0.1, 0.15) is 27.7 Å². The zero-order valence-corrected chi connectivity index (χ0v) is 10.9. The molecule has 0 rings (SSSR count). The van der Waals surface area contributed by atoms with E-state index < -0.39 is 11.4 Å². The molecule has 0 amide bonds. The van der Waals surface area contributed by atoms with Crippen molar-refractivity contribution in [1.29, 1.82) is 0 Å². The summed E-state index contributed by atoms with van der Waals surface area (Å²) < 4.78 is 9.80. The van der Waals surface area contributed by atoms with Crippen LogP contribution in [0.2, 0.25) is 0 Å². The Labute approximate surface area is 102 Å². The summed E-state index contributed by atoms with van der Waals surface area (Å²) in [6, 6.07) is 0. The third kappa shape index (κ3) is 5.90. The summed E-state index contributed by atoms with van der Waals surface area (Å²) >= 11 is 0. The van der Waals surface area contributed by atoms with Gasteiger partial charge < -0.3 is 9.47 Å². The maximum Gasteiger partial charge on any atom is 0.337 e. The number of esters is 2. The van der Waals surface area contributed by atoms with Crippen LogP contribution in [0.5, 0.6) is 0 Å². The van der Waals surface area contributed by atoms with Crippen molar-refractivity contribution in [3.05, 3.63) is 24.3 Å². The van der Waals surface area contributed by atoms with E-state index in [1.807, 2.05) is 0 Å². The quantitative estimate of drug-likeness (QED) is 0.420. The standard InChI is InChI=1S/C13H20O4/c1-6-10(11(14)16-7-2)8-9-17-12(15)13(3,4)5/h6,8H,1,7,9H2,2-5H3/b10-8+. The van der Waals surface area contributed by atoms with Gasteiger partial charge in [0.2, 0.25) is 0 Å². The van der Waals surface area contributed by atoms with Crippen LogP contribution in [0.25, 0.3) is 0 Å². The van der Waals surface area contributed by atoms with Crippen molar-refractivity contribution in [2.75, 3.05) is 13.2 Å². The summed E-state index contributed by atoms with van der Waals surface area (Å²) in [5.74, 6) is -0.782. The minimum atomic E-state index is -0.549. The van der Waals surface area contributed by atoms with Crippen molar-refractivity contribution in [3.8, 4) is 0 Å². The van der Waals surface area contributed by atoms with E-state index in [0.717, 1.165) is 0 Å². The molecule has 4 nitrogen and oxygen atoms in total. The molecule has 96 valence electrons. The molecule has 0 aromatic rings. The molecular formula is C13H20O4. The summed E-state index contributed by atoms with van der Waals surface area (Å²) in [5.41, 5.74) is -0.250. The molecule has 0 fully saturated rings. The Morgan fingerprint density at radius 2 is 1.82 bits per heavy atom. The average molecular weight is 240 g/mol. The van der Waals surface area contributed by atoms with Gasteiger partial charge in [0.25, 0.3) is 0 Å². The monoisotopic (exact) mass is 240 g/mol. The van der Waals surface area contributed by atoms with Gasteiger partial charge in [-0.1, -0.05) is 12.7 Å². The van der Waals surface area contributed by atoms with Crippen LogP contribution in [-0.2, 0) is 19.1 Å². The van der Waals surface area contributed by atoms with E-state index in [1.165, 1.54) is 12.2 Å². The van der Waals surface area contributed by atoms with E-state index in [0.29, 0.717) is 12.2 Å². The van der Waals surface area contributed by atoms with Crippen LogP contribution in [0, 0.1) is 5.41 Å². The molecule has 0 saturated carbocycles. The van der Waals surface area contributed by atoms with Gasteiger partial charge in [0.15, 0.2) is 0 Å². The smallest absolute Gasteiger partial charge is 0.337 e. The van der Waals surface area contributed by atoms with Crippen LogP contribution in [0.4, 0.5) is 0 Å². The van der Waals surface area contributed by atoms with Gasteiger partial charge in [-0.05, 0) is 33.8 Å². The highest BCUT2D eigenvalue weighted by Crippen LogP contribution is 2.15. The Bertz CT molecular complexity index is 321. The van der Waals surface area contributed by atoms with Gasteiger partial charge in [-0.15, -0.1) is 0 Å². The Hall–Kier alpha value is -1.58. The molecular weight excluding hydrogens is 220 g/mol. The Morgan fingerprint density at radius 1 is 1.24 bits per heavy atom. The second-order valence-electron chi connectivity index (χ2n) is 4.43. The van der Waals surface area contributed by atoms with Gasteiger partial charge in [-0.2, -0.15) is 0 Å². The second kappa shape index (κ2) is 6.89. The van der Waals surface area contributed by atoms with Crippen molar-refractivity contribution in [2.24, 2.45) is 5.41 Å². The normalized spacial score (nSPS) is 11.9. The van der Waals surface area contributed by atoms with Crippen molar-refractivity contribution in [1.82, 2.24) is 0 Å². The average Bonchev–Trinajstić information content (AvgIpc) is 2.22. The lowest BCUT2D eigenvalue weighted by Gasteiger charge is -2.15. The van der Waals surface area contributed by atoms with Gasteiger partial charge in [0, 0.05) is 0 Å². The lowest BCUT2D eigenvalue weighted by atomic mass is 9.97. The van der Waals surface area contributed by atoms with Crippen LogP contribution in [-0.4, -0.2) is 25.2 Å². The van der Waals surface area contributed by atoms with E-state index in [1.54, 1.807) is 27.7 Å². The van der Waals surface area contributed by atoms with E-state index in [4.69, 9.17) is 9.47 Å². The first-order valence-electron chi connectivity index (χ1n) is 5.49.